The highest BCUT2D eigenvalue weighted by atomic mass is 32.1. The predicted molar refractivity (Wildman–Crippen MR) is 142 cm³/mol. The zero-order valence-corrected chi connectivity index (χ0v) is 21.3. The highest BCUT2D eigenvalue weighted by Gasteiger charge is 2.48. The van der Waals surface area contributed by atoms with Crippen LogP contribution >= 0.6 is 11.3 Å². The lowest BCUT2D eigenvalue weighted by atomic mass is 9.94. The molecule has 0 aliphatic carbocycles. The Hall–Kier alpha value is -4.17. The number of nitrogens with zero attached hydrogens (tertiary/aromatic N) is 2. The van der Waals surface area contributed by atoms with Gasteiger partial charge in [-0.25, -0.2) is 4.98 Å². The number of thiazole rings is 1. The Balaban J connectivity index is 1.54. The maximum absolute atomic E-state index is 13.5. The van der Waals surface area contributed by atoms with Crippen molar-refractivity contribution in [3.8, 4) is 11.5 Å². The van der Waals surface area contributed by atoms with E-state index in [1.165, 1.54) is 28.4 Å². The highest BCUT2D eigenvalue weighted by molar-refractivity contribution is 7.22. The van der Waals surface area contributed by atoms with Crippen molar-refractivity contribution in [2.24, 2.45) is 0 Å². The number of Topliss-reactive ketones (excluding diaryl/α,β-unsaturated/α-hetero) is 1. The number of amides is 1. The van der Waals surface area contributed by atoms with Gasteiger partial charge in [-0.1, -0.05) is 29.5 Å². The third kappa shape index (κ3) is 3.76. The van der Waals surface area contributed by atoms with E-state index in [9.17, 15) is 19.8 Å². The molecule has 3 aromatic carbocycles. The van der Waals surface area contributed by atoms with Crippen LogP contribution in [0.1, 0.15) is 40.8 Å². The molecule has 1 saturated heterocycles. The summed E-state index contributed by atoms with van der Waals surface area (Å²) in [6.45, 7) is 5.93. The first-order chi connectivity index (χ1) is 17.7. The van der Waals surface area contributed by atoms with E-state index in [2.05, 4.69) is 0 Å². The van der Waals surface area contributed by atoms with Crippen molar-refractivity contribution in [1.29, 1.82) is 0 Å². The first-order valence-corrected chi connectivity index (χ1v) is 12.8. The number of hydrogen-bond donors (Lipinski definition) is 2. The lowest BCUT2D eigenvalue weighted by molar-refractivity contribution is -0.132. The number of phenolic OH excluding ortho intramolecular Hbond substituents is 1. The lowest BCUT2D eigenvalue weighted by Crippen LogP contribution is -2.29. The summed E-state index contributed by atoms with van der Waals surface area (Å²) in [7, 11) is 0. The molecular weight excluding hydrogens is 488 g/mol. The van der Waals surface area contributed by atoms with E-state index < -0.39 is 17.7 Å². The number of aryl methyl sites for hydroxylation is 2. The molecule has 0 bridgehead atoms. The molecule has 2 aliphatic rings. The van der Waals surface area contributed by atoms with Gasteiger partial charge >= 0.3 is 5.91 Å². The molecule has 1 amide bonds. The summed E-state index contributed by atoms with van der Waals surface area (Å²) in [6, 6.07) is 14.7. The zero-order valence-electron chi connectivity index (χ0n) is 20.5. The number of phenols is 1. The van der Waals surface area contributed by atoms with E-state index in [0.717, 1.165) is 32.7 Å². The molecule has 37 heavy (non-hydrogen) atoms. The lowest BCUT2D eigenvalue weighted by Gasteiger charge is -2.23. The molecule has 0 spiro atoms. The summed E-state index contributed by atoms with van der Waals surface area (Å²) < 4.78 is 6.68. The zero-order chi connectivity index (χ0) is 26.0. The minimum absolute atomic E-state index is 0.0187. The minimum Gasteiger partial charge on any atom is -0.508 e. The smallest absolute Gasteiger partial charge is 0.301 e. The van der Waals surface area contributed by atoms with Gasteiger partial charge in [-0.2, -0.15) is 0 Å². The van der Waals surface area contributed by atoms with Crippen LogP contribution < -0.4 is 9.64 Å². The number of ketones is 1. The number of aromatic hydroxyl groups is 1. The van der Waals surface area contributed by atoms with Gasteiger partial charge in [-0.15, -0.1) is 0 Å². The number of fused-ring (bicyclic) bond motifs is 2. The maximum atomic E-state index is 13.5. The second-order valence-corrected chi connectivity index (χ2v) is 10.6. The molecule has 7 nitrogen and oxygen atoms in total. The molecule has 4 aromatic rings. The Morgan fingerprint density at radius 2 is 1.84 bits per heavy atom. The largest absolute Gasteiger partial charge is 0.508 e. The Labute approximate surface area is 217 Å². The van der Waals surface area contributed by atoms with Crippen molar-refractivity contribution in [2.45, 2.75) is 39.3 Å². The van der Waals surface area contributed by atoms with Crippen LogP contribution in [-0.2, 0) is 16.0 Å². The van der Waals surface area contributed by atoms with Crippen molar-refractivity contribution in [2.75, 3.05) is 4.90 Å². The van der Waals surface area contributed by atoms with Gasteiger partial charge in [0.15, 0.2) is 5.13 Å². The third-order valence-electron chi connectivity index (χ3n) is 6.85. The van der Waals surface area contributed by atoms with Gasteiger partial charge in [-0.3, -0.25) is 14.5 Å². The maximum Gasteiger partial charge on any atom is 0.301 e. The summed E-state index contributed by atoms with van der Waals surface area (Å²) in [4.78, 5) is 33.1. The molecule has 1 fully saturated rings. The first kappa shape index (κ1) is 23.2. The van der Waals surface area contributed by atoms with Crippen molar-refractivity contribution < 1.29 is 24.5 Å². The molecule has 6 rings (SSSR count). The number of hydrogen-bond acceptors (Lipinski definition) is 7. The standard InChI is InChI=1S/C29H24N2O5S/c1-14-10-15(2)24-22(11-14)37-29(30-24)31-25(17-4-7-20(32)8-5-17)23(27(34)28(31)35)26(33)18-6-9-21-19(13-18)12-16(3)36-21/h4-11,13,16,25,32-33H,12H2,1-3H3. The van der Waals surface area contributed by atoms with E-state index in [0.29, 0.717) is 22.7 Å². The Morgan fingerprint density at radius 1 is 1.08 bits per heavy atom. The van der Waals surface area contributed by atoms with E-state index in [1.807, 2.05) is 32.9 Å². The van der Waals surface area contributed by atoms with E-state index in [4.69, 9.17) is 9.72 Å². The molecule has 0 saturated carbocycles. The van der Waals surface area contributed by atoms with Gasteiger partial charge in [-0.05, 0) is 79.4 Å². The number of aliphatic hydroxyl groups is 1. The minimum atomic E-state index is -0.911. The van der Waals surface area contributed by atoms with E-state index in [1.54, 1.807) is 30.3 Å². The monoisotopic (exact) mass is 512 g/mol. The van der Waals surface area contributed by atoms with Crippen LogP contribution in [0.25, 0.3) is 16.0 Å². The number of aliphatic hydroxyl groups excluding tert-OH is 1. The quantitative estimate of drug-likeness (QED) is 0.212. The van der Waals surface area contributed by atoms with Crippen LogP contribution in [0.4, 0.5) is 5.13 Å². The molecule has 8 heteroatoms. The van der Waals surface area contributed by atoms with Crippen LogP contribution in [0, 0.1) is 13.8 Å². The predicted octanol–water partition coefficient (Wildman–Crippen LogP) is 5.57. The fourth-order valence-corrected chi connectivity index (χ4v) is 6.36. The van der Waals surface area contributed by atoms with Crippen molar-refractivity contribution in [3.63, 3.8) is 0 Å². The Morgan fingerprint density at radius 3 is 2.59 bits per heavy atom. The number of ether oxygens (including phenoxy) is 1. The molecule has 186 valence electrons. The molecule has 2 unspecified atom stereocenters. The molecule has 2 atom stereocenters. The van der Waals surface area contributed by atoms with E-state index >= 15 is 0 Å². The first-order valence-electron chi connectivity index (χ1n) is 12.0. The number of rotatable bonds is 3. The summed E-state index contributed by atoms with van der Waals surface area (Å²) in [6.07, 6.45) is 0.720. The second-order valence-electron chi connectivity index (χ2n) is 9.64. The SMILES string of the molecule is Cc1cc(C)c2nc(N3C(=O)C(=O)C(=C(O)c4ccc5c(c4)CC(C)O5)C3c3ccc(O)cc3)sc2c1. The molecule has 0 radical (unpaired) electrons. The number of aromatic nitrogens is 1. The van der Waals surface area contributed by atoms with Crippen LogP contribution in [0.15, 0.2) is 60.2 Å². The summed E-state index contributed by atoms with van der Waals surface area (Å²) >= 11 is 1.33. The van der Waals surface area contributed by atoms with Crippen LogP contribution in [-0.4, -0.2) is 33.0 Å². The summed E-state index contributed by atoms with van der Waals surface area (Å²) in [5, 5.41) is 21.7. The van der Waals surface area contributed by atoms with Crippen LogP contribution in [0.3, 0.4) is 0 Å². The molecule has 3 heterocycles. The van der Waals surface area contributed by atoms with Crippen molar-refractivity contribution >= 4 is 44.1 Å². The average Bonchev–Trinajstić information content (AvgIpc) is 3.52. The summed E-state index contributed by atoms with van der Waals surface area (Å²) in [5.74, 6) is -0.993. The van der Waals surface area contributed by atoms with Gasteiger partial charge in [0.2, 0.25) is 0 Å². The van der Waals surface area contributed by atoms with Crippen molar-refractivity contribution in [3.05, 3.63) is 88.0 Å². The normalized spacial score (nSPS) is 20.5. The number of carbonyl (C=O) groups excluding carboxylic acids is 2. The number of carbonyl (C=O) groups is 2. The second kappa shape index (κ2) is 8.45. The Bertz CT molecular complexity index is 1640. The van der Waals surface area contributed by atoms with Gasteiger partial charge in [0.25, 0.3) is 5.78 Å². The topological polar surface area (TPSA) is 100.0 Å². The van der Waals surface area contributed by atoms with E-state index in [-0.39, 0.29) is 23.2 Å². The highest BCUT2D eigenvalue weighted by Crippen LogP contribution is 2.45. The number of anilines is 1. The van der Waals surface area contributed by atoms with Gasteiger partial charge < -0.3 is 14.9 Å². The molecule has 1 aromatic heterocycles. The van der Waals surface area contributed by atoms with Gasteiger partial charge in [0.1, 0.15) is 23.4 Å². The molecule has 2 N–H and O–H groups in total. The fraction of sp³-hybridized carbons (Fsp3) is 0.207. The van der Waals surface area contributed by atoms with Crippen molar-refractivity contribution in [1.82, 2.24) is 4.98 Å². The van der Waals surface area contributed by atoms with Crippen LogP contribution in [0.2, 0.25) is 0 Å². The van der Waals surface area contributed by atoms with Crippen LogP contribution in [0.5, 0.6) is 11.5 Å². The third-order valence-corrected chi connectivity index (χ3v) is 7.85. The van der Waals surface area contributed by atoms with Gasteiger partial charge in [0, 0.05) is 12.0 Å². The molecular formula is C29H24N2O5S. The average molecular weight is 513 g/mol. The molecule has 2 aliphatic heterocycles. The number of benzene rings is 3. The summed E-state index contributed by atoms with van der Waals surface area (Å²) in [5.41, 5.74) is 4.75. The fourth-order valence-electron chi connectivity index (χ4n) is 5.19. The Kier molecular flexibility index (Phi) is 5.31. The van der Waals surface area contributed by atoms with Gasteiger partial charge in [0.05, 0.1) is 21.8 Å².